The van der Waals surface area contributed by atoms with Crippen molar-refractivity contribution in [1.82, 2.24) is 5.17 Å². The van der Waals surface area contributed by atoms with Crippen LogP contribution >= 0.6 is 0 Å². The molecule has 0 unspecified atom stereocenters. The molecular formula is C12H16N4O. The second kappa shape index (κ2) is 3.85. The van der Waals surface area contributed by atoms with Crippen molar-refractivity contribution in [1.29, 1.82) is 0 Å². The summed E-state index contributed by atoms with van der Waals surface area (Å²) < 4.78 is 0. The van der Waals surface area contributed by atoms with E-state index in [1.165, 1.54) is 12.8 Å². The summed E-state index contributed by atoms with van der Waals surface area (Å²) in [6.45, 7) is 2.13. The van der Waals surface area contributed by atoms with Crippen LogP contribution < -0.4 is 16.1 Å². The van der Waals surface area contributed by atoms with E-state index in [1.807, 2.05) is 18.2 Å². The summed E-state index contributed by atoms with van der Waals surface area (Å²) in [4.78, 5) is 2.32. The van der Waals surface area contributed by atoms with E-state index in [9.17, 15) is 5.21 Å². The monoisotopic (exact) mass is 232 g/mol. The molecule has 2 aliphatic rings. The minimum Gasteiger partial charge on any atom is -0.398 e. The van der Waals surface area contributed by atoms with Crippen LogP contribution in [0.4, 0.5) is 17.1 Å². The van der Waals surface area contributed by atoms with Crippen molar-refractivity contribution in [3.8, 4) is 0 Å². The zero-order valence-corrected chi connectivity index (χ0v) is 9.56. The number of fused-ring (bicyclic) bond motifs is 1. The average molecular weight is 232 g/mol. The lowest BCUT2D eigenvalue weighted by molar-refractivity contribution is -0.0141. The summed E-state index contributed by atoms with van der Waals surface area (Å²) in [6, 6.07) is 3.94. The minimum atomic E-state index is 0.722. The van der Waals surface area contributed by atoms with Gasteiger partial charge >= 0.3 is 0 Å². The highest BCUT2D eigenvalue weighted by molar-refractivity contribution is 5.87. The highest BCUT2D eigenvalue weighted by Crippen LogP contribution is 2.37. The molecule has 3 rings (SSSR count). The van der Waals surface area contributed by atoms with Crippen molar-refractivity contribution in [2.24, 2.45) is 0 Å². The van der Waals surface area contributed by atoms with Gasteiger partial charge in [-0.2, -0.15) is 5.17 Å². The Kier molecular flexibility index (Phi) is 2.33. The molecule has 4 N–H and O–H groups in total. The maximum Gasteiger partial charge on any atom is 0.0892 e. The molecule has 1 saturated heterocycles. The standard InChI is InChI=1S/C12H16N4O/c13-10-3-4-11(15-6-1-2-7-15)12-9(10)5-8-16(17)14-12/h3-5,8,14,17H,1-2,6-7,13H2. The first kappa shape index (κ1) is 10.3. The molecule has 0 aromatic heterocycles. The number of benzene rings is 1. The predicted octanol–water partition coefficient (Wildman–Crippen LogP) is 1.87. The Bertz CT molecular complexity index is 466. The van der Waals surface area contributed by atoms with Crippen LogP contribution in [-0.4, -0.2) is 23.5 Å². The van der Waals surface area contributed by atoms with Gasteiger partial charge < -0.3 is 10.6 Å². The van der Waals surface area contributed by atoms with Gasteiger partial charge in [0.1, 0.15) is 0 Å². The molecule has 0 bridgehead atoms. The molecule has 5 heteroatoms. The van der Waals surface area contributed by atoms with Crippen LogP contribution in [0.25, 0.3) is 6.08 Å². The number of nitrogens with one attached hydrogen (secondary N) is 1. The lowest BCUT2D eigenvalue weighted by Crippen LogP contribution is -2.27. The lowest BCUT2D eigenvalue weighted by atomic mass is 10.1. The molecule has 1 aromatic rings. The molecule has 0 saturated carbocycles. The molecule has 1 aromatic carbocycles. The van der Waals surface area contributed by atoms with E-state index in [-0.39, 0.29) is 0 Å². The Labute approximate surface area is 100 Å². The third-order valence-corrected chi connectivity index (χ3v) is 3.31. The SMILES string of the molecule is Nc1ccc(N2CCCC2)c2c1C=CN(O)N2. The number of nitrogen functional groups attached to an aromatic ring is 1. The maximum absolute atomic E-state index is 9.49. The molecule has 90 valence electrons. The van der Waals surface area contributed by atoms with E-state index in [1.54, 1.807) is 6.20 Å². The predicted molar refractivity (Wildman–Crippen MR) is 68.6 cm³/mol. The fourth-order valence-electron chi connectivity index (χ4n) is 2.44. The number of nitrogens with two attached hydrogens (primary N) is 1. The van der Waals surface area contributed by atoms with Crippen LogP contribution in [0.1, 0.15) is 18.4 Å². The third kappa shape index (κ3) is 1.68. The number of rotatable bonds is 1. The van der Waals surface area contributed by atoms with Gasteiger partial charge in [0.15, 0.2) is 0 Å². The summed E-state index contributed by atoms with van der Waals surface area (Å²) in [6.07, 6.45) is 5.81. The molecule has 5 nitrogen and oxygen atoms in total. The fourth-order valence-corrected chi connectivity index (χ4v) is 2.44. The van der Waals surface area contributed by atoms with Gasteiger partial charge in [0.25, 0.3) is 0 Å². The van der Waals surface area contributed by atoms with Crippen LogP contribution in [0.2, 0.25) is 0 Å². The van der Waals surface area contributed by atoms with Gasteiger partial charge in [0.05, 0.1) is 17.6 Å². The normalized spacial score (nSPS) is 18.2. The molecular weight excluding hydrogens is 216 g/mol. The van der Waals surface area contributed by atoms with Crippen LogP contribution in [0.15, 0.2) is 18.3 Å². The fraction of sp³-hybridized carbons (Fsp3) is 0.333. The number of hydrazine groups is 1. The largest absolute Gasteiger partial charge is 0.398 e. The van der Waals surface area contributed by atoms with Crippen molar-refractivity contribution in [3.63, 3.8) is 0 Å². The summed E-state index contributed by atoms with van der Waals surface area (Å²) in [5.41, 5.74) is 12.5. The molecule has 0 aliphatic carbocycles. The first-order valence-electron chi connectivity index (χ1n) is 5.86. The van der Waals surface area contributed by atoms with Crippen molar-refractivity contribution in [3.05, 3.63) is 23.9 Å². The van der Waals surface area contributed by atoms with Gasteiger partial charge in [-0.25, -0.2) is 0 Å². The van der Waals surface area contributed by atoms with Crippen molar-refractivity contribution < 1.29 is 5.21 Å². The molecule has 0 spiro atoms. The van der Waals surface area contributed by atoms with Crippen LogP contribution in [0.5, 0.6) is 0 Å². The Morgan fingerprint density at radius 1 is 1.24 bits per heavy atom. The maximum atomic E-state index is 9.49. The third-order valence-electron chi connectivity index (χ3n) is 3.31. The van der Waals surface area contributed by atoms with Gasteiger partial charge in [0, 0.05) is 24.3 Å². The topological polar surface area (TPSA) is 64.8 Å². The van der Waals surface area contributed by atoms with E-state index in [4.69, 9.17) is 5.73 Å². The van der Waals surface area contributed by atoms with Gasteiger partial charge in [0.2, 0.25) is 0 Å². The smallest absolute Gasteiger partial charge is 0.0892 e. The van der Waals surface area contributed by atoms with E-state index < -0.39 is 0 Å². The summed E-state index contributed by atoms with van der Waals surface area (Å²) >= 11 is 0. The highest BCUT2D eigenvalue weighted by atomic mass is 16.5. The van der Waals surface area contributed by atoms with Gasteiger partial charge in [-0.1, -0.05) is 0 Å². The molecule has 17 heavy (non-hydrogen) atoms. The van der Waals surface area contributed by atoms with Gasteiger partial charge in [-0.15, -0.1) is 0 Å². The molecule has 0 amide bonds. The second-order valence-corrected chi connectivity index (χ2v) is 4.43. The lowest BCUT2D eigenvalue weighted by Gasteiger charge is -2.28. The molecule has 0 radical (unpaired) electrons. The minimum absolute atomic E-state index is 0.722. The molecule has 1 fully saturated rings. The second-order valence-electron chi connectivity index (χ2n) is 4.43. The Hall–Kier alpha value is -1.88. The van der Waals surface area contributed by atoms with Crippen molar-refractivity contribution >= 4 is 23.1 Å². The van der Waals surface area contributed by atoms with Crippen molar-refractivity contribution in [2.75, 3.05) is 29.1 Å². The summed E-state index contributed by atoms with van der Waals surface area (Å²) in [5.74, 6) is 0. The molecule has 2 aliphatic heterocycles. The number of anilines is 3. The van der Waals surface area contributed by atoms with Crippen LogP contribution in [0, 0.1) is 0 Å². The number of hydrogen-bond acceptors (Lipinski definition) is 5. The highest BCUT2D eigenvalue weighted by Gasteiger charge is 2.21. The van der Waals surface area contributed by atoms with E-state index >= 15 is 0 Å². The van der Waals surface area contributed by atoms with E-state index in [2.05, 4.69) is 10.3 Å². The average Bonchev–Trinajstić information content (AvgIpc) is 2.83. The van der Waals surface area contributed by atoms with Crippen molar-refractivity contribution in [2.45, 2.75) is 12.8 Å². The van der Waals surface area contributed by atoms with Gasteiger partial charge in [-0.3, -0.25) is 10.6 Å². The summed E-state index contributed by atoms with van der Waals surface area (Å²) in [5, 5.41) is 10.4. The first-order chi connectivity index (χ1) is 8.25. The number of hydroxylamine groups is 1. The number of hydrogen-bond donors (Lipinski definition) is 3. The zero-order chi connectivity index (χ0) is 11.8. The Balaban J connectivity index is 2.08. The Morgan fingerprint density at radius 2 is 2.00 bits per heavy atom. The quantitative estimate of drug-likeness (QED) is 0.645. The van der Waals surface area contributed by atoms with Gasteiger partial charge in [-0.05, 0) is 31.1 Å². The van der Waals surface area contributed by atoms with Crippen LogP contribution in [-0.2, 0) is 0 Å². The van der Waals surface area contributed by atoms with Crippen LogP contribution in [0.3, 0.4) is 0 Å². The van der Waals surface area contributed by atoms with E-state index in [0.29, 0.717) is 0 Å². The summed E-state index contributed by atoms with van der Waals surface area (Å²) in [7, 11) is 0. The zero-order valence-electron chi connectivity index (χ0n) is 9.56. The van der Waals surface area contributed by atoms with E-state index in [0.717, 1.165) is 40.9 Å². The first-order valence-corrected chi connectivity index (χ1v) is 5.86. The Morgan fingerprint density at radius 3 is 2.76 bits per heavy atom. The number of nitrogens with zero attached hydrogens (tertiary/aromatic N) is 2. The molecule has 2 heterocycles. The molecule has 0 atom stereocenters.